The van der Waals surface area contributed by atoms with Crippen LogP contribution in [-0.4, -0.2) is 19.8 Å². The molecule has 1 saturated heterocycles. The summed E-state index contributed by atoms with van der Waals surface area (Å²) in [4.78, 5) is 0. The van der Waals surface area contributed by atoms with Crippen molar-refractivity contribution in [2.75, 3.05) is 19.8 Å². The molecule has 1 aliphatic carbocycles. The number of piperidine rings is 1. The third-order valence-corrected chi connectivity index (χ3v) is 5.04. The number of rotatable bonds is 1. The number of hydrogen-bond acceptors (Lipinski definition) is 3. The maximum absolute atomic E-state index is 6.42. The van der Waals surface area contributed by atoms with Gasteiger partial charge in [-0.3, -0.25) is 0 Å². The molecule has 4 rings (SSSR count). The quantitative estimate of drug-likeness (QED) is 0.856. The van der Waals surface area contributed by atoms with Crippen LogP contribution in [0.5, 0.6) is 11.5 Å². The molecule has 0 radical (unpaired) electrons. The Morgan fingerprint density at radius 2 is 2.00 bits per heavy atom. The lowest BCUT2D eigenvalue weighted by atomic mass is 9.97. The predicted molar refractivity (Wildman–Crippen MR) is 78.7 cm³/mol. The fraction of sp³-hybridized carbons (Fsp3) is 0.625. The second kappa shape index (κ2) is 4.81. The molecule has 20 heavy (non-hydrogen) atoms. The lowest BCUT2D eigenvalue weighted by molar-refractivity contribution is 0.197. The van der Waals surface area contributed by atoms with Gasteiger partial charge in [0.1, 0.15) is 0 Å². The Bertz CT molecular complexity index is 521. The van der Waals surface area contributed by atoms with E-state index in [1.165, 1.54) is 37.7 Å². The van der Waals surface area contributed by atoms with E-state index < -0.39 is 0 Å². The van der Waals surface area contributed by atoms with Gasteiger partial charge in [-0.05, 0) is 49.9 Å². The monoisotopic (exact) mass is 293 g/mol. The lowest BCUT2D eigenvalue weighted by Crippen LogP contribution is -2.26. The minimum Gasteiger partial charge on any atom is -0.489 e. The Labute approximate surface area is 124 Å². The third-order valence-electron chi connectivity index (χ3n) is 4.76. The number of fused-ring (bicyclic) bond motifs is 1. The maximum atomic E-state index is 6.42. The minimum atomic E-state index is 0.256. The van der Waals surface area contributed by atoms with E-state index in [-0.39, 0.29) is 5.41 Å². The summed E-state index contributed by atoms with van der Waals surface area (Å²) in [5.41, 5.74) is 1.48. The topological polar surface area (TPSA) is 30.5 Å². The Hall–Kier alpha value is -0.930. The van der Waals surface area contributed by atoms with Gasteiger partial charge in [-0.2, -0.15) is 0 Å². The number of ether oxygens (including phenoxy) is 2. The van der Waals surface area contributed by atoms with Gasteiger partial charge < -0.3 is 14.8 Å². The Balaban J connectivity index is 1.64. The smallest absolute Gasteiger partial charge is 0.179 e. The first-order valence-corrected chi connectivity index (χ1v) is 7.96. The summed E-state index contributed by atoms with van der Waals surface area (Å²) in [5.74, 6) is 1.55. The third kappa shape index (κ3) is 2.27. The highest BCUT2D eigenvalue weighted by molar-refractivity contribution is 6.32. The van der Waals surface area contributed by atoms with Crippen LogP contribution < -0.4 is 14.8 Å². The van der Waals surface area contributed by atoms with Gasteiger partial charge >= 0.3 is 0 Å². The normalized spacial score (nSPS) is 27.1. The van der Waals surface area contributed by atoms with Crippen molar-refractivity contribution in [2.45, 2.75) is 38.1 Å². The van der Waals surface area contributed by atoms with Gasteiger partial charge in [-0.1, -0.05) is 18.0 Å². The van der Waals surface area contributed by atoms with Crippen LogP contribution in [0.3, 0.4) is 0 Å². The summed E-state index contributed by atoms with van der Waals surface area (Å²) < 4.78 is 11.9. The molecule has 3 nitrogen and oxygen atoms in total. The first-order chi connectivity index (χ1) is 9.76. The van der Waals surface area contributed by atoms with Gasteiger partial charge in [0.25, 0.3) is 0 Å². The van der Waals surface area contributed by atoms with Crippen molar-refractivity contribution in [3.05, 3.63) is 22.7 Å². The fourth-order valence-electron chi connectivity index (χ4n) is 3.14. The second-order valence-electron chi connectivity index (χ2n) is 6.41. The van der Waals surface area contributed by atoms with Crippen LogP contribution in [0.25, 0.3) is 0 Å². The molecule has 108 valence electrons. The molecule has 1 saturated carbocycles. The highest BCUT2D eigenvalue weighted by atomic mass is 35.5. The summed E-state index contributed by atoms with van der Waals surface area (Å²) in [6, 6.07) is 4.55. The van der Waals surface area contributed by atoms with Crippen LogP contribution in [-0.2, 0) is 0 Å². The SMILES string of the molecule is Clc1cc(C2CCCCN2)cc2c1OCC1(CC1)CO2. The molecule has 0 amide bonds. The highest BCUT2D eigenvalue weighted by Crippen LogP contribution is 2.50. The zero-order valence-electron chi connectivity index (χ0n) is 11.6. The predicted octanol–water partition coefficient (Wildman–Crippen LogP) is 3.71. The van der Waals surface area contributed by atoms with Crippen molar-refractivity contribution in [3.8, 4) is 11.5 Å². The van der Waals surface area contributed by atoms with Crippen LogP contribution >= 0.6 is 11.6 Å². The van der Waals surface area contributed by atoms with Crippen LogP contribution in [0.15, 0.2) is 12.1 Å². The largest absolute Gasteiger partial charge is 0.489 e. The Morgan fingerprint density at radius 3 is 2.75 bits per heavy atom. The maximum Gasteiger partial charge on any atom is 0.179 e. The molecule has 2 aliphatic heterocycles. The zero-order chi connectivity index (χ0) is 13.6. The van der Waals surface area contributed by atoms with Crippen LogP contribution in [0, 0.1) is 5.41 Å². The van der Waals surface area contributed by atoms with E-state index in [0.29, 0.717) is 11.1 Å². The van der Waals surface area contributed by atoms with Gasteiger partial charge in [0.05, 0.1) is 18.2 Å². The van der Waals surface area contributed by atoms with Crippen molar-refractivity contribution >= 4 is 11.6 Å². The van der Waals surface area contributed by atoms with Crippen molar-refractivity contribution in [3.63, 3.8) is 0 Å². The molecule has 0 bridgehead atoms. The van der Waals surface area contributed by atoms with Crippen molar-refractivity contribution in [2.24, 2.45) is 5.41 Å². The van der Waals surface area contributed by atoms with Crippen molar-refractivity contribution in [1.82, 2.24) is 5.32 Å². The molecular formula is C16H20ClNO2. The molecule has 4 heteroatoms. The van der Waals surface area contributed by atoms with Gasteiger partial charge in [-0.15, -0.1) is 0 Å². The molecule has 1 spiro atoms. The molecule has 3 aliphatic rings. The number of hydrogen-bond donors (Lipinski definition) is 1. The van der Waals surface area contributed by atoms with E-state index in [9.17, 15) is 0 Å². The second-order valence-corrected chi connectivity index (χ2v) is 6.82. The van der Waals surface area contributed by atoms with E-state index in [0.717, 1.165) is 31.3 Å². The van der Waals surface area contributed by atoms with E-state index in [2.05, 4.69) is 11.4 Å². The fourth-order valence-corrected chi connectivity index (χ4v) is 3.41. The van der Waals surface area contributed by atoms with E-state index in [1.807, 2.05) is 6.07 Å². The first kappa shape index (κ1) is 12.8. The highest BCUT2D eigenvalue weighted by Gasteiger charge is 2.46. The number of halogens is 1. The van der Waals surface area contributed by atoms with Crippen LogP contribution in [0.4, 0.5) is 0 Å². The molecule has 0 aromatic heterocycles. The number of benzene rings is 1. The van der Waals surface area contributed by atoms with Gasteiger partial charge in [0, 0.05) is 11.5 Å². The van der Waals surface area contributed by atoms with E-state index >= 15 is 0 Å². The Kier molecular flexibility index (Phi) is 3.08. The van der Waals surface area contributed by atoms with Crippen molar-refractivity contribution < 1.29 is 9.47 Å². The first-order valence-electron chi connectivity index (χ1n) is 7.58. The lowest BCUT2D eigenvalue weighted by Gasteiger charge is -2.24. The summed E-state index contributed by atoms with van der Waals surface area (Å²) in [6.07, 6.45) is 6.11. The molecular weight excluding hydrogens is 274 g/mol. The molecule has 2 fully saturated rings. The van der Waals surface area contributed by atoms with E-state index in [1.54, 1.807) is 0 Å². The average Bonchev–Trinajstić information content (AvgIpc) is 3.27. The molecule has 1 aromatic rings. The zero-order valence-corrected chi connectivity index (χ0v) is 12.3. The van der Waals surface area contributed by atoms with Crippen LogP contribution in [0.1, 0.15) is 43.7 Å². The summed E-state index contributed by atoms with van der Waals surface area (Å²) >= 11 is 6.42. The van der Waals surface area contributed by atoms with Crippen LogP contribution in [0.2, 0.25) is 5.02 Å². The molecule has 1 N–H and O–H groups in total. The molecule has 1 aromatic carbocycles. The summed E-state index contributed by atoms with van der Waals surface area (Å²) in [6.45, 7) is 2.58. The Morgan fingerprint density at radius 1 is 1.15 bits per heavy atom. The van der Waals surface area contributed by atoms with Gasteiger partial charge in [0.2, 0.25) is 0 Å². The van der Waals surface area contributed by atoms with Gasteiger partial charge in [-0.25, -0.2) is 0 Å². The summed E-state index contributed by atoms with van der Waals surface area (Å²) in [7, 11) is 0. The van der Waals surface area contributed by atoms with E-state index in [4.69, 9.17) is 21.1 Å². The standard InChI is InChI=1S/C16H20ClNO2/c17-12-7-11(13-3-1-2-6-18-13)8-14-15(12)20-10-16(4-5-16)9-19-14/h7-8,13,18H,1-6,9-10H2. The molecule has 1 unspecified atom stereocenters. The molecule has 1 atom stereocenters. The van der Waals surface area contributed by atoms with Gasteiger partial charge in [0.15, 0.2) is 11.5 Å². The van der Waals surface area contributed by atoms with Crippen molar-refractivity contribution in [1.29, 1.82) is 0 Å². The molecule has 2 heterocycles. The minimum absolute atomic E-state index is 0.256. The summed E-state index contributed by atoms with van der Waals surface area (Å²) in [5, 5.41) is 4.24. The average molecular weight is 294 g/mol. The number of nitrogens with one attached hydrogen (secondary N) is 1.